The molecule has 0 spiro atoms. The van der Waals surface area contributed by atoms with Gasteiger partial charge in [-0.3, -0.25) is 4.79 Å². The van der Waals surface area contributed by atoms with E-state index in [9.17, 15) is 21.6 Å². The molecule has 0 aromatic heterocycles. The molecule has 0 unspecified atom stereocenters. The molecule has 0 heterocycles. The first kappa shape index (κ1) is 25.0. The number of aryl methyl sites for hydroxylation is 1. The van der Waals surface area contributed by atoms with Crippen LogP contribution < -0.4 is 14.8 Å². The Hall–Kier alpha value is -2.27. The molecule has 0 bridgehead atoms. The van der Waals surface area contributed by atoms with Gasteiger partial charge in [0, 0.05) is 6.54 Å². The van der Waals surface area contributed by atoms with Gasteiger partial charge in [-0.1, -0.05) is 55.8 Å². The van der Waals surface area contributed by atoms with Gasteiger partial charge in [0.2, 0.25) is 26.0 Å². The summed E-state index contributed by atoms with van der Waals surface area (Å²) >= 11 is 0. The number of benzene rings is 2. The van der Waals surface area contributed by atoms with Crippen molar-refractivity contribution in [2.24, 2.45) is 5.92 Å². The maximum atomic E-state index is 12.8. The molecule has 1 amide bonds. The average molecular weight is 468 g/mol. The van der Waals surface area contributed by atoms with E-state index in [1.807, 2.05) is 6.92 Å². The van der Waals surface area contributed by atoms with Crippen LogP contribution in [0, 0.1) is 12.8 Å². The van der Waals surface area contributed by atoms with Crippen molar-refractivity contribution in [2.45, 2.75) is 44.0 Å². The Labute approximate surface area is 184 Å². The van der Waals surface area contributed by atoms with Crippen LogP contribution in [0.5, 0.6) is 0 Å². The number of sulfonamides is 2. The SMILES string of the molecule is CNS(=O)(=O)Cc1ccccc1CNC(=O)[C@@H](NS(=O)(=O)c1ccc(C)cc1)C(C)C. The lowest BCUT2D eigenvalue weighted by molar-refractivity contribution is -0.123. The zero-order chi connectivity index (χ0) is 23.2. The van der Waals surface area contributed by atoms with Gasteiger partial charge in [-0.15, -0.1) is 0 Å². The first-order valence-electron chi connectivity index (χ1n) is 9.80. The minimum absolute atomic E-state index is 0.0731. The Kier molecular flexibility index (Phi) is 8.35. The lowest BCUT2D eigenvalue weighted by Crippen LogP contribution is -2.49. The highest BCUT2D eigenvalue weighted by Gasteiger charge is 2.28. The van der Waals surface area contributed by atoms with Gasteiger partial charge in [0.05, 0.1) is 10.6 Å². The van der Waals surface area contributed by atoms with E-state index in [4.69, 9.17) is 0 Å². The molecule has 0 fully saturated rings. The predicted molar refractivity (Wildman–Crippen MR) is 120 cm³/mol. The normalized spacial score (nSPS) is 13.2. The topological polar surface area (TPSA) is 121 Å². The molecule has 0 saturated carbocycles. The van der Waals surface area contributed by atoms with Crippen LogP contribution in [-0.4, -0.2) is 35.8 Å². The maximum absolute atomic E-state index is 12.8. The third kappa shape index (κ3) is 7.13. The Morgan fingerprint density at radius 2 is 1.52 bits per heavy atom. The van der Waals surface area contributed by atoms with Gasteiger partial charge in [0.25, 0.3) is 0 Å². The predicted octanol–water partition coefficient (Wildman–Crippen LogP) is 1.66. The van der Waals surface area contributed by atoms with Gasteiger partial charge in [0.1, 0.15) is 6.04 Å². The van der Waals surface area contributed by atoms with Crippen molar-refractivity contribution in [1.82, 2.24) is 14.8 Å². The molecular weight excluding hydrogens is 438 g/mol. The van der Waals surface area contributed by atoms with Crippen LogP contribution in [-0.2, 0) is 37.1 Å². The summed E-state index contributed by atoms with van der Waals surface area (Å²) in [6.07, 6.45) is 0. The molecule has 1 atom stereocenters. The Morgan fingerprint density at radius 3 is 2.06 bits per heavy atom. The highest BCUT2D eigenvalue weighted by Crippen LogP contribution is 2.15. The number of carbonyl (C=O) groups is 1. The van der Waals surface area contributed by atoms with E-state index in [0.717, 1.165) is 5.56 Å². The van der Waals surface area contributed by atoms with E-state index in [-0.39, 0.29) is 23.1 Å². The van der Waals surface area contributed by atoms with E-state index in [1.54, 1.807) is 50.2 Å². The standard InChI is InChI=1S/C21H29N3O5S2/c1-15(2)20(24-31(28,29)19-11-9-16(3)10-12-19)21(25)23-13-17-7-5-6-8-18(17)14-30(26,27)22-4/h5-12,15,20,22,24H,13-14H2,1-4H3,(H,23,25)/t20-/m0/s1. The highest BCUT2D eigenvalue weighted by atomic mass is 32.2. The fraction of sp³-hybridized carbons (Fsp3) is 0.381. The van der Waals surface area contributed by atoms with Crippen LogP contribution >= 0.6 is 0 Å². The average Bonchev–Trinajstić information content (AvgIpc) is 2.71. The van der Waals surface area contributed by atoms with Crippen LogP contribution in [0.4, 0.5) is 0 Å². The van der Waals surface area contributed by atoms with E-state index >= 15 is 0 Å². The van der Waals surface area contributed by atoms with Crippen molar-refractivity contribution >= 4 is 26.0 Å². The molecule has 0 aliphatic carbocycles. The Balaban J connectivity index is 2.15. The first-order valence-corrected chi connectivity index (χ1v) is 12.9. The summed E-state index contributed by atoms with van der Waals surface area (Å²) in [5.74, 6) is -1.01. The minimum Gasteiger partial charge on any atom is -0.351 e. The summed E-state index contributed by atoms with van der Waals surface area (Å²) in [5.41, 5.74) is 2.12. The minimum atomic E-state index is -3.88. The van der Waals surface area contributed by atoms with Gasteiger partial charge in [0.15, 0.2) is 0 Å². The number of hydrogen-bond donors (Lipinski definition) is 3. The second-order valence-electron chi connectivity index (χ2n) is 7.61. The Bertz CT molecular complexity index is 1110. The highest BCUT2D eigenvalue weighted by molar-refractivity contribution is 7.89. The second kappa shape index (κ2) is 10.4. The number of nitrogens with one attached hydrogen (secondary N) is 3. The molecule has 0 aliphatic heterocycles. The first-order chi connectivity index (χ1) is 14.4. The van der Waals surface area contributed by atoms with E-state index in [1.165, 1.54) is 19.2 Å². The van der Waals surface area contributed by atoms with Crippen LogP contribution in [0.25, 0.3) is 0 Å². The molecule has 0 radical (unpaired) electrons. The van der Waals surface area contributed by atoms with Gasteiger partial charge >= 0.3 is 0 Å². The van der Waals surface area contributed by atoms with Gasteiger partial charge in [-0.25, -0.2) is 21.6 Å². The van der Waals surface area contributed by atoms with Gasteiger partial charge < -0.3 is 5.32 Å². The van der Waals surface area contributed by atoms with Gasteiger partial charge in [-0.2, -0.15) is 4.72 Å². The summed E-state index contributed by atoms with van der Waals surface area (Å²) in [6, 6.07) is 12.2. The number of hydrogen-bond acceptors (Lipinski definition) is 5. The van der Waals surface area contributed by atoms with Crippen molar-refractivity contribution in [3.8, 4) is 0 Å². The zero-order valence-corrected chi connectivity index (χ0v) is 19.7. The molecule has 170 valence electrons. The molecule has 8 nitrogen and oxygen atoms in total. The lowest BCUT2D eigenvalue weighted by Gasteiger charge is -2.22. The lowest BCUT2D eigenvalue weighted by atomic mass is 10.0. The van der Waals surface area contributed by atoms with E-state index in [2.05, 4.69) is 14.8 Å². The Morgan fingerprint density at radius 1 is 0.935 bits per heavy atom. The van der Waals surface area contributed by atoms with E-state index in [0.29, 0.717) is 11.1 Å². The monoisotopic (exact) mass is 467 g/mol. The molecule has 0 aliphatic rings. The van der Waals surface area contributed by atoms with Crippen LogP contribution in [0.2, 0.25) is 0 Å². The molecule has 2 aromatic rings. The number of amides is 1. The second-order valence-corrected chi connectivity index (χ2v) is 11.2. The van der Waals surface area contributed by atoms with Crippen LogP contribution in [0.3, 0.4) is 0 Å². The van der Waals surface area contributed by atoms with Gasteiger partial charge in [-0.05, 0) is 43.1 Å². The summed E-state index contributed by atoms with van der Waals surface area (Å²) in [5, 5.41) is 2.73. The van der Waals surface area contributed by atoms with Crippen molar-refractivity contribution in [3.63, 3.8) is 0 Å². The maximum Gasteiger partial charge on any atom is 0.241 e. The fourth-order valence-electron chi connectivity index (χ4n) is 2.88. The fourth-order valence-corrected chi connectivity index (χ4v) is 5.06. The third-order valence-corrected chi connectivity index (χ3v) is 7.56. The summed E-state index contributed by atoms with van der Waals surface area (Å²) < 4.78 is 54.0. The van der Waals surface area contributed by atoms with Crippen LogP contribution in [0.15, 0.2) is 53.4 Å². The van der Waals surface area contributed by atoms with Crippen molar-refractivity contribution in [2.75, 3.05) is 7.05 Å². The zero-order valence-electron chi connectivity index (χ0n) is 18.0. The molecule has 0 saturated heterocycles. The molecule has 2 aromatic carbocycles. The molecule has 3 N–H and O–H groups in total. The summed E-state index contributed by atoms with van der Waals surface area (Å²) in [6.45, 7) is 5.42. The molecule has 10 heteroatoms. The van der Waals surface area contributed by atoms with Crippen LogP contribution in [0.1, 0.15) is 30.5 Å². The van der Waals surface area contributed by atoms with Crippen molar-refractivity contribution < 1.29 is 21.6 Å². The van der Waals surface area contributed by atoms with Crippen molar-refractivity contribution in [1.29, 1.82) is 0 Å². The largest absolute Gasteiger partial charge is 0.351 e. The van der Waals surface area contributed by atoms with E-state index < -0.39 is 32.0 Å². The summed E-state index contributed by atoms with van der Waals surface area (Å²) in [7, 11) is -6.02. The number of rotatable bonds is 10. The number of carbonyl (C=O) groups excluding carboxylic acids is 1. The third-order valence-electron chi connectivity index (χ3n) is 4.79. The quantitative estimate of drug-likeness (QED) is 0.491. The molecule has 31 heavy (non-hydrogen) atoms. The smallest absolute Gasteiger partial charge is 0.241 e. The summed E-state index contributed by atoms with van der Waals surface area (Å²) in [4.78, 5) is 12.9. The molecular formula is C21H29N3O5S2. The van der Waals surface area contributed by atoms with Crippen molar-refractivity contribution in [3.05, 3.63) is 65.2 Å². The molecule has 2 rings (SSSR count).